The third-order valence-electron chi connectivity index (χ3n) is 2.91. The van der Waals surface area contributed by atoms with Gasteiger partial charge in [0.25, 0.3) is 0 Å². The van der Waals surface area contributed by atoms with Crippen molar-refractivity contribution >= 4 is 11.8 Å². The van der Waals surface area contributed by atoms with E-state index in [1.165, 1.54) is 10.5 Å². The van der Waals surface area contributed by atoms with Crippen LogP contribution in [0.15, 0.2) is 35.5 Å². The molecule has 1 aromatic carbocycles. The third-order valence-corrected chi connectivity index (χ3v) is 3.72. The molecule has 0 aliphatic carbocycles. The molecule has 0 bridgehead atoms. The van der Waals surface area contributed by atoms with Gasteiger partial charge in [-0.2, -0.15) is 5.10 Å². The van der Waals surface area contributed by atoms with Crippen molar-refractivity contribution in [2.45, 2.75) is 17.4 Å². The largest absolute Gasteiger partial charge is 0.271 e. The van der Waals surface area contributed by atoms with Crippen molar-refractivity contribution in [3.63, 3.8) is 0 Å². The van der Waals surface area contributed by atoms with E-state index in [1.807, 2.05) is 19.2 Å². The lowest BCUT2D eigenvalue weighted by atomic mass is 10.0. The first-order chi connectivity index (χ1) is 8.76. The number of rotatable bonds is 5. The minimum atomic E-state index is 0.0385. The maximum absolute atomic E-state index is 5.68. The molecule has 0 amide bonds. The molecular weight excluding hydrogens is 246 g/mol. The van der Waals surface area contributed by atoms with Gasteiger partial charge in [-0.25, -0.2) is 4.98 Å². The van der Waals surface area contributed by atoms with Gasteiger partial charge in [0, 0.05) is 18.4 Å². The van der Waals surface area contributed by atoms with Crippen LogP contribution in [-0.2, 0) is 13.5 Å². The number of hydrogen-bond acceptors (Lipinski definition) is 5. The van der Waals surface area contributed by atoms with E-state index in [-0.39, 0.29) is 6.04 Å². The Balaban J connectivity index is 2.25. The molecule has 0 fully saturated rings. The first-order valence-electron chi connectivity index (χ1n) is 5.68. The number of hydrogen-bond donors (Lipinski definition) is 2. The summed E-state index contributed by atoms with van der Waals surface area (Å²) in [6.07, 6.45) is 4.34. The van der Waals surface area contributed by atoms with E-state index in [2.05, 4.69) is 33.9 Å². The summed E-state index contributed by atoms with van der Waals surface area (Å²) in [6, 6.07) is 8.28. The summed E-state index contributed by atoms with van der Waals surface area (Å²) >= 11 is 1.72. The Morgan fingerprint density at radius 2 is 2.22 bits per heavy atom. The fourth-order valence-corrected chi connectivity index (χ4v) is 2.56. The van der Waals surface area contributed by atoms with E-state index in [0.29, 0.717) is 6.42 Å². The lowest BCUT2D eigenvalue weighted by Crippen LogP contribution is -2.30. The molecule has 18 heavy (non-hydrogen) atoms. The zero-order chi connectivity index (χ0) is 13.0. The molecule has 1 unspecified atom stereocenters. The van der Waals surface area contributed by atoms with E-state index in [0.717, 1.165) is 5.82 Å². The van der Waals surface area contributed by atoms with E-state index < -0.39 is 0 Å². The van der Waals surface area contributed by atoms with E-state index >= 15 is 0 Å². The highest BCUT2D eigenvalue weighted by Gasteiger charge is 2.16. The van der Waals surface area contributed by atoms with Crippen molar-refractivity contribution in [2.75, 3.05) is 6.26 Å². The Morgan fingerprint density at radius 1 is 1.44 bits per heavy atom. The molecule has 0 radical (unpaired) electrons. The fraction of sp³-hybridized carbons (Fsp3) is 0.333. The molecule has 0 spiro atoms. The maximum atomic E-state index is 5.68. The molecule has 5 nitrogen and oxygen atoms in total. The molecule has 1 aromatic heterocycles. The van der Waals surface area contributed by atoms with Crippen molar-refractivity contribution in [3.05, 3.63) is 42.0 Å². The third kappa shape index (κ3) is 2.72. The molecule has 1 heterocycles. The SMILES string of the molecule is CSc1ccccc1C(Cc1ncnn1C)NN. The van der Waals surface area contributed by atoms with Crippen LogP contribution in [0.4, 0.5) is 0 Å². The normalized spacial score (nSPS) is 12.6. The molecule has 0 saturated heterocycles. The Labute approximate surface area is 111 Å². The molecule has 2 rings (SSSR count). The van der Waals surface area contributed by atoms with Gasteiger partial charge in [-0.3, -0.25) is 16.0 Å². The highest BCUT2D eigenvalue weighted by molar-refractivity contribution is 7.98. The van der Waals surface area contributed by atoms with Crippen molar-refractivity contribution in [3.8, 4) is 0 Å². The van der Waals surface area contributed by atoms with Gasteiger partial charge >= 0.3 is 0 Å². The highest BCUT2D eigenvalue weighted by Crippen LogP contribution is 2.27. The molecule has 3 N–H and O–H groups in total. The summed E-state index contributed by atoms with van der Waals surface area (Å²) in [5.41, 5.74) is 4.05. The molecule has 6 heteroatoms. The summed E-state index contributed by atoms with van der Waals surface area (Å²) in [5, 5.41) is 4.07. The Morgan fingerprint density at radius 3 is 2.83 bits per heavy atom. The molecular formula is C12H17N5S. The van der Waals surface area contributed by atoms with Gasteiger partial charge in [0.1, 0.15) is 12.2 Å². The van der Waals surface area contributed by atoms with Crippen LogP contribution in [0, 0.1) is 0 Å². The van der Waals surface area contributed by atoms with Crippen LogP contribution >= 0.6 is 11.8 Å². The summed E-state index contributed by atoms with van der Waals surface area (Å²) in [6.45, 7) is 0. The van der Waals surface area contributed by atoms with Gasteiger partial charge < -0.3 is 0 Å². The summed E-state index contributed by atoms with van der Waals surface area (Å²) in [7, 11) is 1.89. The topological polar surface area (TPSA) is 68.8 Å². The first-order valence-corrected chi connectivity index (χ1v) is 6.90. The number of aromatic nitrogens is 3. The molecule has 0 saturated carbocycles. The van der Waals surface area contributed by atoms with Crippen molar-refractivity contribution in [1.29, 1.82) is 0 Å². The number of aryl methyl sites for hydroxylation is 1. The monoisotopic (exact) mass is 263 g/mol. The van der Waals surface area contributed by atoms with Gasteiger partial charge in [0.2, 0.25) is 0 Å². The average molecular weight is 263 g/mol. The van der Waals surface area contributed by atoms with Crippen LogP contribution in [-0.4, -0.2) is 21.0 Å². The van der Waals surface area contributed by atoms with Crippen LogP contribution in [0.5, 0.6) is 0 Å². The van der Waals surface area contributed by atoms with Crippen LogP contribution in [0.25, 0.3) is 0 Å². The maximum Gasteiger partial charge on any atom is 0.138 e. The first kappa shape index (κ1) is 13.1. The Hall–Kier alpha value is -1.37. The van der Waals surface area contributed by atoms with Gasteiger partial charge in [-0.1, -0.05) is 18.2 Å². The number of thioether (sulfide) groups is 1. The summed E-state index contributed by atoms with van der Waals surface area (Å²) in [5.74, 6) is 6.59. The fourth-order valence-electron chi connectivity index (χ4n) is 1.90. The second-order valence-corrected chi connectivity index (χ2v) is 4.81. The van der Waals surface area contributed by atoms with Crippen molar-refractivity contribution in [2.24, 2.45) is 12.9 Å². The number of nitrogens with two attached hydrogens (primary N) is 1. The van der Waals surface area contributed by atoms with Crippen LogP contribution in [0.3, 0.4) is 0 Å². The molecule has 96 valence electrons. The number of nitrogens with zero attached hydrogens (tertiary/aromatic N) is 3. The molecule has 1 atom stereocenters. The zero-order valence-electron chi connectivity index (χ0n) is 10.5. The van der Waals surface area contributed by atoms with Crippen LogP contribution in [0.2, 0.25) is 0 Å². The van der Waals surface area contributed by atoms with E-state index in [4.69, 9.17) is 5.84 Å². The number of hydrazine groups is 1. The predicted molar refractivity (Wildman–Crippen MR) is 73.0 cm³/mol. The van der Waals surface area contributed by atoms with E-state index in [1.54, 1.807) is 22.8 Å². The Kier molecular flexibility index (Phi) is 4.35. The number of benzene rings is 1. The summed E-state index contributed by atoms with van der Waals surface area (Å²) < 4.78 is 1.77. The van der Waals surface area contributed by atoms with Crippen molar-refractivity contribution in [1.82, 2.24) is 20.2 Å². The standard InChI is InChI=1S/C12H17N5S/c1-17-12(14-8-15-17)7-10(16-13)9-5-3-4-6-11(9)18-2/h3-6,8,10,16H,7,13H2,1-2H3. The second kappa shape index (κ2) is 5.99. The Bertz CT molecular complexity index is 511. The lowest BCUT2D eigenvalue weighted by Gasteiger charge is -2.18. The van der Waals surface area contributed by atoms with Gasteiger partial charge in [-0.05, 0) is 17.9 Å². The smallest absolute Gasteiger partial charge is 0.138 e. The zero-order valence-corrected chi connectivity index (χ0v) is 11.3. The lowest BCUT2D eigenvalue weighted by molar-refractivity contribution is 0.517. The van der Waals surface area contributed by atoms with Crippen LogP contribution in [0.1, 0.15) is 17.4 Å². The van der Waals surface area contributed by atoms with Gasteiger partial charge in [0.15, 0.2) is 0 Å². The van der Waals surface area contributed by atoms with Crippen molar-refractivity contribution < 1.29 is 0 Å². The number of nitrogens with one attached hydrogen (secondary N) is 1. The van der Waals surface area contributed by atoms with Crippen LogP contribution < -0.4 is 11.3 Å². The molecule has 2 aromatic rings. The van der Waals surface area contributed by atoms with Gasteiger partial charge in [0.05, 0.1) is 6.04 Å². The molecule has 0 aliphatic heterocycles. The minimum Gasteiger partial charge on any atom is -0.271 e. The van der Waals surface area contributed by atoms with E-state index in [9.17, 15) is 0 Å². The quantitative estimate of drug-likeness (QED) is 0.483. The van der Waals surface area contributed by atoms with Gasteiger partial charge in [-0.15, -0.1) is 11.8 Å². The summed E-state index contributed by atoms with van der Waals surface area (Å²) in [4.78, 5) is 5.46. The highest BCUT2D eigenvalue weighted by atomic mass is 32.2. The predicted octanol–water partition coefficient (Wildman–Crippen LogP) is 1.28. The molecule has 0 aliphatic rings. The minimum absolute atomic E-state index is 0.0385. The average Bonchev–Trinajstić information content (AvgIpc) is 2.81. The second-order valence-electron chi connectivity index (χ2n) is 3.97.